The summed E-state index contributed by atoms with van der Waals surface area (Å²) in [4.78, 5) is 2.21. The lowest BCUT2D eigenvalue weighted by Crippen LogP contribution is -2.42. The van der Waals surface area contributed by atoms with Gasteiger partial charge in [0.1, 0.15) is 11.6 Å². The number of benzene rings is 1. The van der Waals surface area contributed by atoms with Crippen LogP contribution in [-0.4, -0.2) is 43.8 Å². The zero-order valence-electron chi connectivity index (χ0n) is 18.6. The summed E-state index contributed by atoms with van der Waals surface area (Å²) in [5, 5.41) is 30.0. The summed E-state index contributed by atoms with van der Waals surface area (Å²) >= 11 is 0. The molecular weight excluding hydrogens is 407 g/mol. The van der Waals surface area contributed by atoms with Crippen LogP contribution < -0.4 is 4.90 Å². The number of nitrogens with zero attached hydrogens (tertiary/aromatic N) is 6. The Bertz CT molecular complexity index is 1100. The number of rotatable bonds is 4. The normalized spacial score (nSPS) is 26.8. The van der Waals surface area contributed by atoms with E-state index in [0.29, 0.717) is 28.0 Å². The molecule has 2 saturated carbocycles. The molecule has 3 atom stereocenters. The van der Waals surface area contributed by atoms with Gasteiger partial charge in [-0.15, -0.1) is 20.4 Å². The third-order valence-corrected chi connectivity index (χ3v) is 7.36. The van der Waals surface area contributed by atoms with Crippen molar-refractivity contribution in [2.75, 3.05) is 11.9 Å². The van der Waals surface area contributed by atoms with Crippen LogP contribution in [0.25, 0.3) is 22.4 Å². The maximum absolute atomic E-state index is 14.9. The molecular formula is C24H27FN6O. The SMILES string of the molecule is CN(c1ccc(-c2c(O)cc(-c3cnnnc3)cc2F)nn1)C1C[C@]2(C)CC[C@](C)(C1)C2. The summed E-state index contributed by atoms with van der Waals surface area (Å²) in [6.45, 7) is 4.81. The van der Waals surface area contributed by atoms with Gasteiger partial charge in [0.15, 0.2) is 5.82 Å². The predicted molar refractivity (Wildman–Crippen MR) is 119 cm³/mol. The molecule has 0 aliphatic heterocycles. The van der Waals surface area contributed by atoms with Crippen LogP contribution in [0, 0.1) is 16.6 Å². The van der Waals surface area contributed by atoms with Crippen LogP contribution in [-0.2, 0) is 0 Å². The zero-order valence-corrected chi connectivity index (χ0v) is 18.6. The third kappa shape index (κ3) is 3.67. The second-order valence-corrected chi connectivity index (χ2v) is 10.1. The first-order valence-electron chi connectivity index (χ1n) is 11.0. The second kappa shape index (κ2) is 7.46. The predicted octanol–water partition coefficient (Wildman–Crippen LogP) is 4.64. The highest BCUT2D eigenvalue weighted by Crippen LogP contribution is 2.58. The molecule has 1 aromatic carbocycles. The van der Waals surface area contributed by atoms with Gasteiger partial charge in [0.2, 0.25) is 0 Å². The fourth-order valence-corrected chi connectivity index (χ4v) is 5.88. The maximum atomic E-state index is 14.9. The Morgan fingerprint density at radius 2 is 1.69 bits per heavy atom. The average molecular weight is 435 g/mol. The van der Waals surface area contributed by atoms with E-state index in [1.807, 2.05) is 6.07 Å². The molecule has 3 aromatic rings. The molecule has 2 aromatic heterocycles. The topological polar surface area (TPSA) is 87.9 Å². The van der Waals surface area contributed by atoms with Crippen LogP contribution in [0.1, 0.15) is 46.0 Å². The first-order chi connectivity index (χ1) is 15.3. The summed E-state index contributed by atoms with van der Waals surface area (Å²) in [6.07, 6.45) is 9.11. The van der Waals surface area contributed by atoms with Crippen molar-refractivity contribution in [3.63, 3.8) is 0 Å². The number of hydrogen-bond donors (Lipinski definition) is 1. The highest BCUT2D eigenvalue weighted by Gasteiger charge is 2.50. The van der Waals surface area contributed by atoms with Gasteiger partial charge in [-0.05, 0) is 78.0 Å². The van der Waals surface area contributed by atoms with E-state index in [4.69, 9.17) is 0 Å². The van der Waals surface area contributed by atoms with Crippen LogP contribution in [0.5, 0.6) is 5.75 Å². The first kappa shape index (κ1) is 20.7. The van der Waals surface area contributed by atoms with Gasteiger partial charge in [-0.1, -0.05) is 13.8 Å². The van der Waals surface area contributed by atoms with Crippen LogP contribution in [0.15, 0.2) is 36.7 Å². The molecule has 2 fully saturated rings. The van der Waals surface area contributed by atoms with Gasteiger partial charge in [-0.2, -0.15) is 0 Å². The number of anilines is 1. The monoisotopic (exact) mass is 434 g/mol. The van der Waals surface area contributed by atoms with E-state index in [1.165, 1.54) is 43.8 Å². The molecule has 2 heterocycles. The van der Waals surface area contributed by atoms with E-state index in [2.05, 4.69) is 51.4 Å². The quantitative estimate of drug-likeness (QED) is 0.640. The first-order valence-corrected chi connectivity index (χ1v) is 11.0. The van der Waals surface area contributed by atoms with E-state index in [-0.39, 0.29) is 17.0 Å². The lowest BCUT2D eigenvalue weighted by atomic mass is 9.68. The van der Waals surface area contributed by atoms with Gasteiger partial charge in [-0.3, -0.25) is 0 Å². The van der Waals surface area contributed by atoms with E-state index in [0.717, 1.165) is 18.7 Å². The van der Waals surface area contributed by atoms with Gasteiger partial charge in [0.05, 0.1) is 23.7 Å². The number of aromatic nitrogens is 5. The van der Waals surface area contributed by atoms with Crippen molar-refractivity contribution >= 4 is 5.82 Å². The van der Waals surface area contributed by atoms with Crippen molar-refractivity contribution in [1.82, 2.24) is 25.6 Å². The highest BCUT2D eigenvalue weighted by molar-refractivity contribution is 5.74. The van der Waals surface area contributed by atoms with Crippen LogP contribution in [0.2, 0.25) is 0 Å². The minimum Gasteiger partial charge on any atom is -0.507 e. The third-order valence-electron chi connectivity index (χ3n) is 7.36. The molecule has 1 N–H and O–H groups in total. The fraction of sp³-hybridized carbons (Fsp3) is 0.458. The van der Waals surface area contributed by atoms with Crippen molar-refractivity contribution in [2.45, 2.75) is 52.0 Å². The largest absolute Gasteiger partial charge is 0.507 e. The van der Waals surface area contributed by atoms with E-state index in [1.54, 1.807) is 6.07 Å². The Balaban J connectivity index is 1.39. The van der Waals surface area contributed by atoms with Crippen molar-refractivity contribution in [2.24, 2.45) is 10.8 Å². The number of hydrogen-bond acceptors (Lipinski definition) is 7. The maximum Gasteiger partial charge on any atom is 0.151 e. The number of phenols is 1. The molecule has 0 radical (unpaired) electrons. The van der Waals surface area contributed by atoms with Crippen molar-refractivity contribution in [3.05, 3.63) is 42.5 Å². The van der Waals surface area contributed by atoms with Gasteiger partial charge >= 0.3 is 0 Å². The van der Waals surface area contributed by atoms with Gasteiger partial charge < -0.3 is 10.0 Å². The van der Waals surface area contributed by atoms with Crippen LogP contribution >= 0.6 is 0 Å². The van der Waals surface area contributed by atoms with Crippen molar-refractivity contribution in [1.29, 1.82) is 0 Å². The molecule has 7 nitrogen and oxygen atoms in total. The smallest absolute Gasteiger partial charge is 0.151 e. The zero-order chi connectivity index (χ0) is 22.5. The number of halogens is 1. The summed E-state index contributed by atoms with van der Waals surface area (Å²) in [7, 11) is 2.06. The molecule has 0 spiro atoms. The highest BCUT2D eigenvalue weighted by atomic mass is 19.1. The van der Waals surface area contributed by atoms with Crippen molar-refractivity contribution in [3.8, 4) is 28.1 Å². The molecule has 2 aliphatic rings. The molecule has 0 amide bonds. The Hall–Kier alpha value is -3.16. The molecule has 32 heavy (non-hydrogen) atoms. The fourth-order valence-electron chi connectivity index (χ4n) is 5.88. The minimum absolute atomic E-state index is 0.0289. The number of aromatic hydroxyl groups is 1. The lowest BCUT2D eigenvalue weighted by molar-refractivity contribution is 0.148. The molecule has 0 saturated heterocycles. The van der Waals surface area contributed by atoms with Gasteiger partial charge in [-0.25, -0.2) is 4.39 Å². The molecule has 5 rings (SSSR count). The number of phenolic OH excluding ortho intramolecular Hbond substituents is 1. The van der Waals surface area contributed by atoms with Crippen molar-refractivity contribution < 1.29 is 9.50 Å². The Labute approximate surface area is 186 Å². The average Bonchev–Trinajstić information content (AvgIpc) is 3.00. The van der Waals surface area contributed by atoms with Crippen LogP contribution in [0.3, 0.4) is 0 Å². The summed E-state index contributed by atoms with van der Waals surface area (Å²) in [6, 6.07) is 6.78. The van der Waals surface area contributed by atoms with Gasteiger partial charge in [0, 0.05) is 18.7 Å². The second-order valence-electron chi connectivity index (χ2n) is 10.1. The van der Waals surface area contributed by atoms with Gasteiger partial charge in [0.25, 0.3) is 0 Å². The number of fused-ring (bicyclic) bond motifs is 2. The van der Waals surface area contributed by atoms with E-state index in [9.17, 15) is 9.50 Å². The molecule has 2 aliphatic carbocycles. The summed E-state index contributed by atoms with van der Waals surface area (Å²) < 4.78 is 14.9. The Morgan fingerprint density at radius 3 is 2.28 bits per heavy atom. The minimum atomic E-state index is -0.586. The Morgan fingerprint density at radius 1 is 1.00 bits per heavy atom. The van der Waals surface area contributed by atoms with Crippen LogP contribution in [0.4, 0.5) is 10.2 Å². The summed E-state index contributed by atoms with van der Waals surface area (Å²) in [5.41, 5.74) is 2.14. The molecule has 166 valence electrons. The standard InChI is InChI=1S/C24H27FN6O/c1-23-6-7-24(2,14-23)11-17(10-23)31(3)21-5-4-19(28-29-21)22-18(25)8-15(9-20(22)32)16-12-26-30-27-13-16/h4-5,8-9,12-13,17,32H,6-7,10-11,14H2,1-3H3/t17?,23-,24+. The lowest BCUT2D eigenvalue weighted by Gasteiger charge is -2.44. The summed E-state index contributed by atoms with van der Waals surface area (Å²) in [5.74, 6) is -0.0356. The molecule has 8 heteroatoms. The van der Waals surface area contributed by atoms with E-state index < -0.39 is 5.82 Å². The molecule has 2 bridgehead atoms. The molecule has 1 unspecified atom stereocenters. The Kier molecular flexibility index (Phi) is 4.83. The van der Waals surface area contributed by atoms with E-state index >= 15 is 0 Å².